The van der Waals surface area contributed by atoms with Crippen molar-refractivity contribution in [2.75, 3.05) is 34.7 Å². The van der Waals surface area contributed by atoms with Crippen molar-refractivity contribution < 1.29 is 4.79 Å². The Morgan fingerprint density at radius 2 is 1.92 bits per heavy atom. The number of rotatable bonds is 7. The van der Waals surface area contributed by atoms with E-state index in [1.807, 2.05) is 39.2 Å². The van der Waals surface area contributed by atoms with Gasteiger partial charge in [0, 0.05) is 20.6 Å². The topological polar surface area (TPSA) is 58.4 Å². The van der Waals surface area contributed by atoms with Gasteiger partial charge >= 0.3 is 0 Å². The molecule has 7 heteroatoms. The summed E-state index contributed by atoms with van der Waals surface area (Å²) >= 11 is 1.34. The fourth-order valence-electron chi connectivity index (χ4n) is 2.55. The van der Waals surface area contributed by atoms with Crippen molar-refractivity contribution >= 4 is 28.6 Å². The van der Waals surface area contributed by atoms with Gasteiger partial charge in [0.25, 0.3) is 5.56 Å². The third kappa shape index (κ3) is 4.83. The molecule has 25 heavy (non-hydrogen) atoms. The van der Waals surface area contributed by atoms with E-state index in [2.05, 4.69) is 9.88 Å². The van der Waals surface area contributed by atoms with Gasteiger partial charge in [0.15, 0.2) is 5.16 Å². The van der Waals surface area contributed by atoms with Gasteiger partial charge < -0.3 is 9.80 Å². The van der Waals surface area contributed by atoms with Crippen molar-refractivity contribution in [2.45, 2.75) is 30.3 Å². The Morgan fingerprint density at radius 1 is 1.24 bits per heavy atom. The Kier molecular flexibility index (Phi) is 6.61. The number of carbonyl (C=O) groups excluding carboxylic acids is 1. The van der Waals surface area contributed by atoms with Crippen LogP contribution in [0.5, 0.6) is 0 Å². The number of amides is 1. The summed E-state index contributed by atoms with van der Waals surface area (Å²) in [6.07, 6.45) is 0.844. The van der Waals surface area contributed by atoms with Gasteiger partial charge in [0.05, 0.1) is 16.2 Å². The molecule has 1 atom stereocenters. The second-order valence-electron chi connectivity index (χ2n) is 6.52. The van der Waals surface area contributed by atoms with Crippen LogP contribution in [0.3, 0.4) is 0 Å². The van der Waals surface area contributed by atoms with E-state index in [9.17, 15) is 9.59 Å². The summed E-state index contributed by atoms with van der Waals surface area (Å²) in [6.45, 7) is 3.31. The van der Waals surface area contributed by atoms with Crippen LogP contribution in [-0.2, 0) is 11.3 Å². The average molecular weight is 362 g/mol. The monoisotopic (exact) mass is 362 g/mol. The molecule has 0 N–H and O–H groups in total. The molecule has 0 unspecified atom stereocenters. The maximum absolute atomic E-state index is 12.9. The number of thioether (sulfide) groups is 1. The minimum Gasteiger partial charge on any atom is -0.348 e. The Labute approximate surface area is 152 Å². The molecule has 0 aliphatic rings. The summed E-state index contributed by atoms with van der Waals surface area (Å²) in [7, 11) is 7.48. The zero-order valence-electron chi connectivity index (χ0n) is 15.5. The Morgan fingerprint density at radius 3 is 2.56 bits per heavy atom. The standard InChI is InChI=1S/C18H26N4O2S/c1-13(16(23)21(4)5)25-18-19-15-10-7-6-9-14(15)17(24)22(18)12-8-11-20(2)3/h6-7,9-10,13H,8,11-12H2,1-5H3/t13-/m1/s1. The van der Waals surface area contributed by atoms with E-state index in [0.29, 0.717) is 22.6 Å². The lowest BCUT2D eigenvalue weighted by atomic mass is 10.2. The summed E-state index contributed by atoms with van der Waals surface area (Å²) < 4.78 is 1.70. The predicted octanol–water partition coefficient (Wildman–Crippen LogP) is 1.92. The number of benzene rings is 1. The summed E-state index contributed by atoms with van der Waals surface area (Å²) in [4.78, 5) is 33.4. The predicted molar refractivity (Wildman–Crippen MR) is 103 cm³/mol. The first-order valence-corrected chi connectivity index (χ1v) is 9.21. The van der Waals surface area contributed by atoms with Gasteiger partial charge in [-0.2, -0.15) is 0 Å². The highest BCUT2D eigenvalue weighted by atomic mass is 32.2. The summed E-state index contributed by atoms with van der Waals surface area (Å²) in [5.74, 6) is 0.00671. The Hall–Kier alpha value is -1.86. The van der Waals surface area contributed by atoms with Crippen molar-refractivity contribution in [3.8, 4) is 0 Å². The first kappa shape index (κ1) is 19.5. The smallest absolute Gasteiger partial charge is 0.262 e. The summed E-state index contributed by atoms with van der Waals surface area (Å²) in [5.41, 5.74) is 0.625. The number of nitrogens with zero attached hydrogens (tertiary/aromatic N) is 4. The van der Waals surface area contributed by atoms with Crippen LogP contribution in [0.25, 0.3) is 10.9 Å². The summed E-state index contributed by atoms with van der Waals surface area (Å²) in [5, 5.41) is 0.914. The molecule has 2 aromatic rings. The van der Waals surface area contributed by atoms with E-state index in [-0.39, 0.29) is 16.7 Å². The van der Waals surface area contributed by atoms with Crippen molar-refractivity contribution in [3.63, 3.8) is 0 Å². The highest BCUT2D eigenvalue weighted by Gasteiger charge is 2.20. The highest BCUT2D eigenvalue weighted by molar-refractivity contribution is 8.00. The lowest BCUT2D eigenvalue weighted by molar-refractivity contribution is -0.127. The van der Waals surface area contributed by atoms with Crippen molar-refractivity contribution in [2.24, 2.45) is 0 Å². The molecule has 0 saturated heterocycles. The van der Waals surface area contributed by atoms with E-state index in [4.69, 9.17) is 0 Å². The SMILES string of the molecule is C[C@@H](Sc1nc2ccccc2c(=O)n1CCCN(C)C)C(=O)N(C)C. The Balaban J connectivity index is 2.41. The van der Waals surface area contributed by atoms with E-state index in [1.165, 1.54) is 11.8 Å². The third-order valence-electron chi connectivity index (χ3n) is 3.88. The quantitative estimate of drug-likeness (QED) is 0.556. The normalized spacial score (nSPS) is 12.6. The second-order valence-corrected chi connectivity index (χ2v) is 7.83. The molecule has 0 fully saturated rings. The number of carbonyl (C=O) groups is 1. The van der Waals surface area contributed by atoms with Crippen molar-refractivity contribution in [1.29, 1.82) is 0 Å². The minimum absolute atomic E-state index is 0.00671. The highest BCUT2D eigenvalue weighted by Crippen LogP contribution is 2.23. The van der Waals surface area contributed by atoms with E-state index < -0.39 is 0 Å². The zero-order valence-corrected chi connectivity index (χ0v) is 16.3. The number of hydrogen-bond donors (Lipinski definition) is 0. The molecule has 6 nitrogen and oxygen atoms in total. The lowest BCUT2D eigenvalue weighted by Crippen LogP contribution is -2.31. The Bertz CT molecular complexity index is 801. The number of fused-ring (bicyclic) bond motifs is 1. The van der Waals surface area contributed by atoms with E-state index in [0.717, 1.165) is 13.0 Å². The molecular weight excluding hydrogens is 336 g/mol. The maximum Gasteiger partial charge on any atom is 0.262 e. The van der Waals surface area contributed by atoms with E-state index in [1.54, 1.807) is 29.6 Å². The largest absolute Gasteiger partial charge is 0.348 e. The molecule has 0 aliphatic carbocycles. The van der Waals surface area contributed by atoms with Gasteiger partial charge in [-0.05, 0) is 46.1 Å². The maximum atomic E-state index is 12.9. The third-order valence-corrected chi connectivity index (χ3v) is 4.96. The van der Waals surface area contributed by atoms with Gasteiger partial charge in [-0.15, -0.1) is 0 Å². The van der Waals surface area contributed by atoms with Crippen LogP contribution in [0.4, 0.5) is 0 Å². The number of hydrogen-bond acceptors (Lipinski definition) is 5. The molecule has 0 bridgehead atoms. The zero-order chi connectivity index (χ0) is 18.6. The van der Waals surface area contributed by atoms with Gasteiger partial charge in [-0.25, -0.2) is 4.98 Å². The minimum atomic E-state index is -0.303. The molecule has 1 heterocycles. The van der Waals surface area contributed by atoms with Crippen molar-refractivity contribution in [3.05, 3.63) is 34.6 Å². The summed E-state index contributed by atoms with van der Waals surface area (Å²) in [6, 6.07) is 7.36. The average Bonchev–Trinajstić information content (AvgIpc) is 2.56. The van der Waals surface area contributed by atoms with Crippen LogP contribution in [-0.4, -0.2) is 65.2 Å². The van der Waals surface area contributed by atoms with Crippen LogP contribution in [0.2, 0.25) is 0 Å². The number of para-hydroxylation sites is 1. The first-order valence-electron chi connectivity index (χ1n) is 8.33. The molecule has 1 aromatic carbocycles. The van der Waals surface area contributed by atoms with Crippen LogP contribution in [0.15, 0.2) is 34.2 Å². The first-order chi connectivity index (χ1) is 11.8. The lowest BCUT2D eigenvalue weighted by Gasteiger charge is -2.19. The number of aromatic nitrogens is 2. The fourth-order valence-corrected chi connectivity index (χ4v) is 3.63. The van der Waals surface area contributed by atoms with Crippen LogP contribution in [0.1, 0.15) is 13.3 Å². The molecule has 0 radical (unpaired) electrons. The molecular formula is C18H26N4O2S. The fraction of sp³-hybridized carbons (Fsp3) is 0.500. The second kappa shape index (κ2) is 8.49. The molecule has 2 rings (SSSR count). The van der Waals surface area contributed by atoms with Gasteiger partial charge in [0.2, 0.25) is 5.91 Å². The van der Waals surface area contributed by atoms with Gasteiger partial charge in [-0.1, -0.05) is 23.9 Å². The molecule has 0 spiro atoms. The molecule has 136 valence electrons. The molecule has 0 aliphatic heterocycles. The van der Waals surface area contributed by atoms with Crippen molar-refractivity contribution in [1.82, 2.24) is 19.4 Å². The molecule has 1 amide bonds. The molecule has 1 aromatic heterocycles. The van der Waals surface area contributed by atoms with Gasteiger partial charge in [0.1, 0.15) is 0 Å². The van der Waals surface area contributed by atoms with E-state index >= 15 is 0 Å². The van der Waals surface area contributed by atoms with Crippen LogP contribution >= 0.6 is 11.8 Å². The van der Waals surface area contributed by atoms with Crippen LogP contribution in [0, 0.1) is 0 Å². The van der Waals surface area contributed by atoms with Crippen LogP contribution < -0.4 is 5.56 Å². The van der Waals surface area contributed by atoms with Gasteiger partial charge in [-0.3, -0.25) is 14.2 Å². The molecule has 0 saturated carbocycles.